The predicted molar refractivity (Wildman–Crippen MR) is 81.7 cm³/mol. The first-order valence-electron chi connectivity index (χ1n) is 7.61. The van der Waals surface area contributed by atoms with Crippen molar-refractivity contribution in [2.45, 2.75) is 63.7 Å². The van der Waals surface area contributed by atoms with Gasteiger partial charge in [0, 0.05) is 19.2 Å². The smallest absolute Gasteiger partial charge is 0.0773 e. The Balaban J connectivity index is 1.95. The van der Waals surface area contributed by atoms with Crippen LogP contribution in [0.3, 0.4) is 0 Å². The van der Waals surface area contributed by atoms with Gasteiger partial charge in [0.25, 0.3) is 0 Å². The second-order valence-corrected chi connectivity index (χ2v) is 7.95. The van der Waals surface area contributed by atoms with E-state index in [2.05, 4.69) is 19.2 Å². The maximum absolute atomic E-state index is 10.8. The lowest BCUT2D eigenvalue weighted by Gasteiger charge is -2.47. The van der Waals surface area contributed by atoms with E-state index < -0.39 is 5.60 Å². The van der Waals surface area contributed by atoms with Gasteiger partial charge in [0.1, 0.15) is 0 Å². The van der Waals surface area contributed by atoms with Gasteiger partial charge >= 0.3 is 0 Å². The van der Waals surface area contributed by atoms with Crippen molar-refractivity contribution < 1.29 is 9.84 Å². The molecule has 2 saturated heterocycles. The third kappa shape index (κ3) is 4.10. The van der Waals surface area contributed by atoms with Crippen molar-refractivity contribution in [3.8, 4) is 0 Å². The van der Waals surface area contributed by atoms with Crippen LogP contribution >= 0.6 is 11.8 Å². The fraction of sp³-hybridized carbons (Fsp3) is 1.00. The summed E-state index contributed by atoms with van der Waals surface area (Å²) in [6, 6.07) is 0.423. The lowest BCUT2D eigenvalue weighted by atomic mass is 9.74. The fourth-order valence-electron chi connectivity index (χ4n) is 3.21. The van der Waals surface area contributed by atoms with Crippen molar-refractivity contribution in [1.82, 2.24) is 5.32 Å². The number of ether oxygens (including phenoxy) is 1. The second kappa shape index (κ2) is 6.33. The van der Waals surface area contributed by atoms with E-state index in [1.807, 2.05) is 18.7 Å². The molecule has 2 heterocycles. The van der Waals surface area contributed by atoms with Crippen LogP contribution in [0.4, 0.5) is 0 Å². The summed E-state index contributed by atoms with van der Waals surface area (Å²) in [4.78, 5) is 0. The van der Waals surface area contributed by atoms with Crippen LogP contribution in [-0.2, 0) is 4.74 Å². The van der Waals surface area contributed by atoms with Crippen LogP contribution in [0.25, 0.3) is 0 Å². The molecule has 0 aromatic carbocycles. The summed E-state index contributed by atoms with van der Waals surface area (Å²) in [5, 5.41) is 14.2. The van der Waals surface area contributed by atoms with Crippen molar-refractivity contribution in [3.05, 3.63) is 0 Å². The monoisotopic (exact) mass is 287 g/mol. The van der Waals surface area contributed by atoms with Gasteiger partial charge in [0.15, 0.2) is 0 Å². The second-order valence-electron chi connectivity index (χ2n) is 6.73. The molecule has 112 valence electrons. The van der Waals surface area contributed by atoms with Crippen LogP contribution in [0.2, 0.25) is 0 Å². The molecule has 0 radical (unpaired) electrons. The van der Waals surface area contributed by atoms with Gasteiger partial charge < -0.3 is 15.2 Å². The minimum absolute atomic E-state index is 0.0655. The highest BCUT2D eigenvalue weighted by molar-refractivity contribution is 7.99. The quantitative estimate of drug-likeness (QED) is 0.833. The Kier molecular flexibility index (Phi) is 5.21. The summed E-state index contributed by atoms with van der Waals surface area (Å²) in [5.74, 6) is 2.77. The zero-order chi connectivity index (χ0) is 13.9. The molecular weight excluding hydrogens is 258 g/mol. The third-order valence-electron chi connectivity index (χ3n) is 4.64. The molecule has 2 rings (SSSR count). The minimum Gasteiger partial charge on any atom is -0.389 e. The molecule has 19 heavy (non-hydrogen) atoms. The predicted octanol–water partition coefficient (Wildman–Crippen LogP) is 2.43. The molecule has 2 N–H and O–H groups in total. The molecule has 2 fully saturated rings. The third-order valence-corrected chi connectivity index (χ3v) is 5.63. The number of nitrogens with one attached hydrogen (secondary N) is 1. The average molecular weight is 287 g/mol. The highest BCUT2D eigenvalue weighted by atomic mass is 32.2. The lowest BCUT2D eigenvalue weighted by molar-refractivity contribution is -0.141. The van der Waals surface area contributed by atoms with Gasteiger partial charge in [-0.2, -0.15) is 11.8 Å². The van der Waals surface area contributed by atoms with Crippen molar-refractivity contribution in [2.24, 2.45) is 5.92 Å². The molecule has 0 saturated carbocycles. The normalized spacial score (nSPS) is 30.5. The number of hydrogen-bond donors (Lipinski definition) is 2. The number of hydrogen-bond acceptors (Lipinski definition) is 4. The molecule has 0 bridgehead atoms. The Bertz CT molecular complexity index is 282. The Hall–Kier alpha value is 0.230. The van der Waals surface area contributed by atoms with Crippen LogP contribution in [-0.4, -0.2) is 47.0 Å². The molecule has 0 aliphatic carbocycles. The number of rotatable bonds is 4. The van der Waals surface area contributed by atoms with E-state index in [0.29, 0.717) is 18.5 Å². The molecule has 0 aromatic rings. The lowest BCUT2D eigenvalue weighted by Crippen LogP contribution is -2.53. The molecule has 1 spiro atoms. The van der Waals surface area contributed by atoms with E-state index in [1.54, 1.807) is 0 Å². The number of thioether (sulfide) groups is 1. The molecule has 2 atom stereocenters. The Morgan fingerprint density at radius 3 is 2.74 bits per heavy atom. The van der Waals surface area contributed by atoms with E-state index in [0.717, 1.165) is 32.3 Å². The summed E-state index contributed by atoms with van der Waals surface area (Å²) in [6.45, 7) is 7.73. The van der Waals surface area contributed by atoms with Gasteiger partial charge in [0.05, 0.1) is 11.2 Å². The summed E-state index contributed by atoms with van der Waals surface area (Å²) < 4.78 is 6.11. The van der Waals surface area contributed by atoms with E-state index in [-0.39, 0.29) is 5.60 Å². The van der Waals surface area contributed by atoms with Crippen LogP contribution in [0.15, 0.2) is 0 Å². The zero-order valence-corrected chi connectivity index (χ0v) is 13.4. The fourth-order valence-corrected chi connectivity index (χ4v) is 4.44. The molecule has 2 unspecified atom stereocenters. The first-order valence-corrected chi connectivity index (χ1v) is 8.76. The van der Waals surface area contributed by atoms with E-state index in [1.165, 1.54) is 11.5 Å². The largest absolute Gasteiger partial charge is 0.389 e. The Labute approximate surface area is 121 Å². The summed E-state index contributed by atoms with van der Waals surface area (Å²) >= 11 is 2.03. The topological polar surface area (TPSA) is 41.5 Å². The molecule has 0 amide bonds. The Morgan fingerprint density at radius 1 is 1.42 bits per heavy atom. The first-order chi connectivity index (χ1) is 8.94. The van der Waals surface area contributed by atoms with Crippen molar-refractivity contribution >= 4 is 11.8 Å². The van der Waals surface area contributed by atoms with Gasteiger partial charge in [-0.3, -0.25) is 0 Å². The van der Waals surface area contributed by atoms with Gasteiger partial charge in [0.2, 0.25) is 0 Å². The van der Waals surface area contributed by atoms with Crippen LogP contribution in [0.5, 0.6) is 0 Å². The summed E-state index contributed by atoms with van der Waals surface area (Å²) in [5.41, 5.74) is -0.554. The summed E-state index contributed by atoms with van der Waals surface area (Å²) in [6.07, 6.45) is 4.33. The zero-order valence-electron chi connectivity index (χ0n) is 12.6. The van der Waals surface area contributed by atoms with E-state index >= 15 is 0 Å². The van der Waals surface area contributed by atoms with Crippen molar-refractivity contribution in [3.63, 3.8) is 0 Å². The van der Waals surface area contributed by atoms with E-state index in [4.69, 9.17) is 4.74 Å². The van der Waals surface area contributed by atoms with Crippen molar-refractivity contribution in [1.29, 1.82) is 0 Å². The SMILES string of the molecule is CC(C)NCC(C)(O)C1CCOC2(CCSCC2)C1. The first kappa shape index (κ1) is 15.6. The van der Waals surface area contributed by atoms with E-state index in [9.17, 15) is 5.11 Å². The molecule has 2 aliphatic rings. The maximum atomic E-state index is 10.8. The highest BCUT2D eigenvalue weighted by Gasteiger charge is 2.44. The maximum Gasteiger partial charge on any atom is 0.0773 e. The number of aliphatic hydroxyl groups is 1. The van der Waals surface area contributed by atoms with Gasteiger partial charge in [-0.05, 0) is 50.0 Å². The molecular formula is C15H29NO2S. The van der Waals surface area contributed by atoms with Gasteiger partial charge in [-0.15, -0.1) is 0 Å². The molecule has 0 aromatic heterocycles. The molecule has 2 aliphatic heterocycles. The van der Waals surface area contributed by atoms with Gasteiger partial charge in [-0.1, -0.05) is 13.8 Å². The molecule has 3 nitrogen and oxygen atoms in total. The Morgan fingerprint density at radius 2 is 2.11 bits per heavy atom. The average Bonchev–Trinajstić information content (AvgIpc) is 2.37. The minimum atomic E-state index is -0.619. The van der Waals surface area contributed by atoms with Crippen LogP contribution < -0.4 is 5.32 Å². The summed E-state index contributed by atoms with van der Waals surface area (Å²) in [7, 11) is 0. The highest BCUT2D eigenvalue weighted by Crippen LogP contribution is 2.42. The van der Waals surface area contributed by atoms with Crippen molar-refractivity contribution in [2.75, 3.05) is 24.7 Å². The molecule has 4 heteroatoms. The van der Waals surface area contributed by atoms with Crippen LogP contribution in [0, 0.1) is 5.92 Å². The van der Waals surface area contributed by atoms with Gasteiger partial charge in [-0.25, -0.2) is 0 Å². The standard InChI is InChI=1S/C15H29NO2S/c1-12(2)16-11-14(3,17)13-4-7-18-15(10-13)5-8-19-9-6-15/h12-13,16-17H,4-11H2,1-3H3. The van der Waals surface area contributed by atoms with Crippen LogP contribution in [0.1, 0.15) is 46.5 Å².